The fourth-order valence-electron chi connectivity index (χ4n) is 1.46. The van der Waals surface area contributed by atoms with Crippen molar-refractivity contribution in [2.45, 2.75) is 19.1 Å². The van der Waals surface area contributed by atoms with E-state index < -0.39 is 39.3 Å². The standard InChI is InChI=1S/C10H11N3O7/c1-5(14)9(10(15)16)11-7-3-2-6(12(17)18)4-8(7)13(19)20/h2-5,9,11,14H,1H3,(H,15,16)/t5?,9-/m0/s1. The second-order valence-corrected chi connectivity index (χ2v) is 3.92. The molecule has 0 radical (unpaired) electrons. The van der Waals surface area contributed by atoms with Gasteiger partial charge in [0.2, 0.25) is 0 Å². The van der Waals surface area contributed by atoms with Gasteiger partial charge in [-0.3, -0.25) is 20.2 Å². The van der Waals surface area contributed by atoms with Gasteiger partial charge >= 0.3 is 5.97 Å². The first kappa shape index (κ1) is 15.3. The molecular weight excluding hydrogens is 274 g/mol. The number of aliphatic carboxylic acids is 1. The quantitative estimate of drug-likeness (QED) is 0.510. The van der Waals surface area contributed by atoms with Crippen LogP contribution < -0.4 is 5.32 Å². The number of nitro benzene ring substituents is 2. The van der Waals surface area contributed by atoms with E-state index in [4.69, 9.17) is 5.11 Å². The fraction of sp³-hybridized carbons (Fsp3) is 0.300. The third-order valence-corrected chi connectivity index (χ3v) is 2.45. The van der Waals surface area contributed by atoms with E-state index in [0.717, 1.165) is 12.1 Å². The Kier molecular flexibility index (Phi) is 4.54. The van der Waals surface area contributed by atoms with E-state index in [1.165, 1.54) is 6.92 Å². The number of non-ortho nitro benzene ring substituents is 1. The SMILES string of the molecule is CC(O)[C@H](Nc1ccc([N+](=O)[O-])cc1[N+](=O)[O-])C(=O)O. The van der Waals surface area contributed by atoms with Gasteiger partial charge in [0.1, 0.15) is 5.69 Å². The Morgan fingerprint density at radius 1 is 1.30 bits per heavy atom. The van der Waals surface area contributed by atoms with Crippen LogP contribution >= 0.6 is 0 Å². The van der Waals surface area contributed by atoms with E-state index in [0.29, 0.717) is 6.07 Å². The summed E-state index contributed by atoms with van der Waals surface area (Å²) in [5.74, 6) is -1.41. The Hall–Kier alpha value is -2.75. The first-order valence-corrected chi connectivity index (χ1v) is 5.34. The molecule has 0 aliphatic heterocycles. The molecule has 1 aromatic rings. The molecule has 108 valence electrons. The van der Waals surface area contributed by atoms with Crippen molar-refractivity contribution >= 4 is 23.0 Å². The summed E-state index contributed by atoms with van der Waals surface area (Å²) >= 11 is 0. The van der Waals surface area contributed by atoms with Gasteiger partial charge in [-0.05, 0) is 13.0 Å². The van der Waals surface area contributed by atoms with Crippen LogP contribution in [0.1, 0.15) is 6.92 Å². The normalized spacial score (nSPS) is 13.3. The van der Waals surface area contributed by atoms with Gasteiger partial charge in [-0.2, -0.15) is 0 Å². The van der Waals surface area contributed by atoms with Gasteiger partial charge < -0.3 is 15.5 Å². The molecule has 0 fully saturated rings. The Labute approximate surface area is 111 Å². The predicted molar refractivity (Wildman–Crippen MR) is 66.5 cm³/mol. The zero-order chi connectivity index (χ0) is 15.4. The van der Waals surface area contributed by atoms with Crippen LogP contribution in [0.5, 0.6) is 0 Å². The number of rotatable bonds is 6. The van der Waals surface area contributed by atoms with Crippen LogP contribution in [0.15, 0.2) is 18.2 Å². The molecule has 0 aromatic heterocycles. The summed E-state index contributed by atoms with van der Waals surface area (Å²) in [5, 5.41) is 41.9. The van der Waals surface area contributed by atoms with E-state index in [1.54, 1.807) is 0 Å². The molecule has 1 aromatic carbocycles. The lowest BCUT2D eigenvalue weighted by Crippen LogP contribution is -2.39. The number of nitrogens with one attached hydrogen (secondary N) is 1. The Morgan fingerprint density at radius 3 is 2.30 bits per heavy atom. The van der Waals surface area contributed by atoms with Gasteiger partial charge in [-0.25, -0.2) is 4.79 Å². The fourth-order valence-corrected chi connectivity index (χ4v) is 1.46. The van der Waals surface area contributed by atoms with Crippen molar-refractivity contribution in [3.63, 3.8) is 0 Å². The summed E-state index contributed by atoms with van der Waals surface area (Å²) in [4.78, 5) is 30.6. The summed E-state index contributed by atoms with van der Waals surface area (Å²) in [6.07, 6.45) is -1.32. The lowest BCUT2D eigenvalue weighted by atomic mass is 10.1. The molecule has 0 saturated carbocycles. The van der Waals surface area contributed by atoms with Gasteiger partial charge in [-0.1, -0.05) is 0 Å². The van der Waals surface area contributed by atoms with E-state index >= 15 is 0 Å². The molecule has 2 atom stereocenters. The maximum Gasteiger partial charge on any atom is 0.328 e. The highest BCUT2D eigenvalue weighted by Gasteiger charge is 2.27. The number of aliphatic hydroxyl groups is 1. The van der Waals surface area contributed by atoms with Gasteiger partial charge in [-0.15, -0.1) is 0 Å². The third-order valence-electron chi connectivity index (χ3n) is 2.45. The van der Waals surface area contributed by atoms with Crippen molar-refractivity contribution < 1.29 is 24.9 Å². The maximum absolute atomic E-state index is 10.9. The van der Waals surface area contributed by atoms with Crippen molar-refractivity contribution in [2.24, 2.45) is 0 Å². The lowest BCUT2D eigenvalue weighted by molar-refractivity contribution is -0.393. The second-order valence-electron chi connectivity index (χ2n) is 3.92. The molecule has 20 heavy (non-hydrogen) atoms. The minimum Gasteiger partial charge on any atom is -0.480 e. The molecule has 0 aliphatic rings. The number of benzene rings is 1. The summed E-state index contributed by atoms with van der Waals surface area (Å²) in [7, 11) is 0. The highest BCUT2D eigenvalue weighted by Crippen LogP contribution is 2.29. The maximum atomic E-state index is 10.9. The summed E-state index contributed by atoms with van der Waals surface area (Å²) < 4.78 is 0. The first-order chi connectivity index (χ1) is 9.23. The molecule has 0 bridgehead atoms. The smallest absolute Gasteiger partial charge is 0.328 e. The van der Waals surface area contributed by atoms with Crippen molar-refractivity contribution in [1.82, 2.24) is 0 Å². The van der Waals surface area contributed by atoms with Crippen molar-refractivity contribution in [3.05, 3.63) is 38.4 Å². The second kappa shape index (κ2) is 5.93. The number of anilines is 1. The molecule has 10 nitrogen and oxygen atoms in total. The molecule has 0 heterocycles. The summed E-state index contributed by atoms with van der Waals surface area (Å²) in [5.41, 5.74) is -1.37. The molecule has 10 heteroatoms. The van der Waals surface area contributed by atoms with Crippen molar-refractivity contribution in [3.8, 4) is 0 Å². The Bertz CT molecular complexity index is 558. The molecule has 1 rings (SSSR count). The molecule has 0 saturated heterocycles. The van der Waals surface area contributed by atoms with Gasteiger partial charge in [0.15, 0.2) is 6.04 Å². The number of carboxylic acid groups (broad SMARTS) is 1. The van der Waals surface area contributed by atoms with Crippen LogP contribution in [-0.2, 0) is 4.79 Å². The number of carboxylic acids is 1. The Balaban J connectivity index is 3.20. The predicted octanol–water partition coefficient (Wildman–Crippen LogP) is 0.749. The number of carbonyl (C=O) groups is 1. The molecule has 0 amide bonds. The van der Waals surface area contributed by atoms with E-state index in [2.05, 4.69) is 5.32 Å². The number of nitro groups is 2. The number of hydrogen-bond donors (Lipinski definition) is 3. The van der Waals surface area contributed by atoms with Crippen LogP contribution in [0.2, 0.25) is 0 Å². The summed E-state index contributed by atoms with van der Waals surface area (Å²) in [6.45, 7) is 1.20. The minimum absolute atomic E-state index is 0.228. The average Bonchev–Trinajstić information content (AvgIpc) is 2.34. The zero-order valence-corrected chi connectivity index (χ0v) is 10.2. The topological polar surface area (TPSA) is 156 Å². The Morgan fingerprint density at radius 2 is 1.90 bits per heavy atom. The monoisotopic (exact) mass is 285 g/mol. The number of nitrogens with zero attached hydrogens (tertiary/aromatic N) is 2. The van der Waals surface area contributed by atoms with E-state index in [9.17, 15) is 30.1 Å². The van der Waals surface area contributed by atoms with Gasteiger partial charge in [0, 0.05) is 6.07 Å². The van der Waals surface area contributed by atoms with Crippen LogP contribution in [0.4, 0.5) is 17.1 Å². The highest BCUT2D eigenvalue weighted by molar-refractivity contribution is 5.80. The van der Waals surface area contributed by atoms with Gasteiger partial charge in [0.05, 0.1) is 22.0 Å². The van der Waals surface area contributed by atoms with E-state index in [1.807, 2.05) is 0 Å². The number of aliphatic hydroxyl groups excluding tert-OH is 1. The average molecular weight is 285 g/mol. The largest absolute Gasteiger partial charge is 0.480 e. The molecule has 0 aliphatic carbocycles. The minimum atomic E-state index is -1.48. The molecule has 3 N–H and O–H groups in total. The molecule has 0 spiro atoms. The molecular formula is C10H11N3O7. The lowest BCUT2D eigenvalue weighted by Gasteiger charge is -2.17. The van der Waals surface area contributed by atoms with Crippen molar-refractivity contribution in [2.75, 3.05) is 5.32 Å². The zero-order valence-electron chi connectivity index (χ0n) is 10.2. The third kappa shape index (κ3) is 3.38. The number of hydrogen-bond acceptors (Lipinski definition) is 7. The van der Waals surface area contributed by atoms with Crippen LogP contribution in [0.25, 0.3) is 0 Å². The highest BCUT2D eigenvalue weighted by atomic mass is 16.6. The summed E-state index contributed by atoms with van der Waals surface area (Å²) in [6, 6.07) is 1.25. The van der Waals surface area contributed by atoms with Gasteiger partial charge in [0.25, 0.3) is 11.4 Å². The van der Waals surface area contributed by atoms with Crippen molar-refractivity contribution in [1.29, 1.82) is 0 Å². The molecule has 1 unspecified atom stereocenters. The van der Waals surface area contributed by atoms with Crippen LogP contribution in [0, 0.1) is 20.2 Å². The van der Waals surface area contributed by atoms with Crippen LogP contribution in [0.3, 0.4) is 0 Å². The first-order valence-electron chi connectivity index (χ1n) is 5.34. The van der Waals surface area contributed by atoms with E-state index in [-0.39, 0.29) is 5.69 Å². The van der Waals surface area contributed by atoms with Crippen LogP contribution in [-0.4, -0.2) is 38.2 Å².